The van der Waals surface area contributed by atoms with Gasteiger partial charge in [-0.3, -0.25) is 0 Å². The van der Waals surface area contributed by atoms with Crippen LogP contribution in [0.2, 0.25) is 0 Å². The smallest absolute Gasteiger partial charge is 0.197 e. The summed E-state index contributed by atoms with van der Waals surface area (Å²) in [6, 6.07) is 6.70. The van der Waals surface area contributed by atoms with E-state index in [0.29, 0.717) is 6.10 Å². The van der Waals surface area contributed by atoms with Crippen molar-refractivity contribution in [2.75, 3.05) is 0 Å². The average molecular weight is 222 g/mol. The first-order valence-electron chi connectivity index (χ1n) is 5.85. The van der Waals surface area contributed by atoms with Crippen molar-refractivity contribution in [3.63, 3.8) is 0 Å². The summed E-state index contributed by atoms with van der Waals surface area (Å²) in [6.45, 7) is 1.91. The molecule has 1 fully saturated rings. The molecule has 0 amide bonds. The Bertz CT molecular complexity index is 314. The fourth-order valence-corrected chi connectivity index (χ4v) is 2.04. The van der Waals surface area contributed by atoms with E-state index in [9.17, 15) is 0 Å². The highest BCUT2D eigenvalue weighted by molar-refractivity contribution is 5.30. The summed E-state index contributed by atoms with van der Waals surface area (Å²) in [5.74, 6) is 0.972. The van der Waals surface area contributed by atoms with Crippen LogP contribution in [0.4, 0.5) is 0 Å². The number of phenols is 1. The Morgan fingerprint density at radius 3 is 2.44 bits per heavy atom. The van der Waals surface area contributed by atoms with Gasteiger partial charge in [0, 0.05) is 0 Å². The first-order chi connectivity index (χ1) is 7.74. The minimum absolute atomic E-state index is 0.229. The number of phenolic OH excluding ortho intramolecular Hbond substituents is 1. The van der Waals surface area contributed by atoms with Crippen LogP contribution < -0.4 is 4.74 Å². The molecule has 1 unspecified atom stereocenters. The fourth-order valence-electron chi connectivity index (χ4n) is 2.04. The first-order valence-corrected chi connectivity index (χ1v) is 5.85. The molecule has 0 aliphatic heterocycles. The van der Waals surface area contributed by atoms with Gasteiger partial charge in [0.05, 0.1) is 6.10 Å². The van der Waals surface area contributed by atoms with Gasteiger partial charge in [-0.25, -0.2) is 0 Å². The van der Waals surface area contributed by atoms with E-state index >= 15 is 0 Å². The zero-order chi connectivity index (χ0) is 11.4. The second-order valence-corrected chi connectivity index (χ2v) is 4.22. The molecule has 2 rings (SSSR count). The molecule has 0 spiro atoms. The minimum atomic E-state index is -0.229. The highest BCUT2D eigenvalue weighted by atomic mass is 16.7. The third-order valence-electron chi connectivity index (χ3n) is 2.83. The van der Waals surface area contributed by atoms with Crippen molar-refractivity contribution in [2.24, 2.45) is 0 Å². The number of ether oxygens (including phenoxy) is 2. The molecular weight excluding hydrogens is 204 g/mol. The highest BCUT2D eigenvalue weighted by Gasteiger charge is 2.18. The van der Waals surface area contributed by atoms with E-state index in [2.05, 4.69) is 0 Å². The monoisotopic (exact) mass is 222 g/mol. The predicted molar refractivity (Wildman–Crippen MR) is 61.5 cm³/mol. The van der Waals surface area contributed by atoms with Crippen LogP contribution in [-0.4, -0.2) is 17.5 Å². The second-order valence-electron chi connectivity index (χ2n) is 4.22. The molecule has 88 valence electrons. The molecule has 1 atom stereocenters. The summed E-state index contributed by atoms with van der Waals surface area (Å²) >= 11 is 0. The standard InChI is InChI=1S/C13H18O3/c1-10(15-12-4-2-3-5-12)16-13-8-6-11(14)7-9-13/h6-10,12,14H,2-5H2,1H3. The van der Waals surface area contributed by atoms with Crippen molar-refractivity contribution in [2.45, 2.75) is 45.0 Å². The van der Waals surface area contributed by atoms with Crippen molar-refractivity contribution < 1.29 is 14.6 Å². The molecule has 3 heteroatoms. The Morgan fingerprint density at radius 2 is 1.81 bits per heavy atom. The Hall–Kier alpha value is -1.22. The number of hydrogen-bond acceptors (Lipinski definition) is 3. The van der Waals surface area contributed by atoms with Crippen LogP contribution in [0, 0.1) is 0 Å². The Kier molecular flexibility index (Phi) is 3.67. The molecule has 0 saturated heterocycles. The van der Waals surface area contributed by atoms with E-state index in [0.717, 1.165) is 18.6 Å². The Labute approximate surface area is 96.0 Å². The van der Waals surface area contributed by atoms with Crippen molar-refractivity contribution in [3.8, 4) is 11.5 Å². The van der Waals surface area contributed by atoms with Crippen molar-refractivity contribution in [3.05, 3.63) is 24.3 Å². The molecule has 1 aliphatic rings. The zero-order valence-corrected chi connectivity index (χ0v) is 9.56. The highest BCUT2D eigenvalue weighted by Crippen LogP contribution is 2.23. The van der Waals surface area contributed by atoms with Crippen molar-refractivity contribution in [1.82, 2.24) is 0 Å². The van der Waals surface area contributed by atoms with Crippen molar-refractivity contribution >= 4 is 0 Å². The van der Waals surface area contributed by atoms with Gasteiger partial charge >= 0.3 is 0 Å². The zero-order valence-electron chi connectivity index (χ0n) is 9.56. The van der Waals surface area contributed by atoms with Crippen LogP contribution in [-0.2, 0) is 4.74 Å². The summed E-state index contributed by atoms with van der Waals surface area (Å²) < 4.78 is 11.4. The van der Waals surface area contributed by atoms with Crippen LogP contribution in [0.3, 0.4) is 0 Å². The molecule has 1 aliphatic carbocycles. The minimum Gasteiger partial charge on any atom is -0.508 e. The summed E-state index contributed by atoms with van der Waals surface area (Å²) in [4.78, 5) is 0. The van der Waals surface area contributed by atoms with E-state index in [1.54, 1.807) is 24.3 Å². The molecule has 16 heavy (non-hydrogen) atoms. The van der Waals surface area contributed by atoms with E-state index in [-0.39, 0.29) is 12.0 Å². The van der Waals surface area contributed by atoms with Gasteiger partial charge in [0.15, 0.2) is 6.29 Å². The predicted octanol–water partition coefficient (Wildman–Crippen LogP) is 3.08. The molecule has 0 bridgehead atoms. The molecule has 1 saturated carbocycles. The van der Waals surface area contributed by atoms with Gasteiger partial charge in [0.1, 0.15) is 11.5 Å². The topological polar surface area (TPSA) is 38.7 Å². The molecule has 0 radical (unpaired) electrons. The molecule has 0 heterocycles. The normalized spacial score (nSPS) is 18.6. The molecule has 1 aromatic rings. The Balaban J connectivity index is 1.81. The lowest BCUT2D eigenvalue weighted by molar-refractivity contribution is -0.104. The number of hydrogen-bond donors (Lipinski definition) is 1. The maximum Gasteiger partial charge on any atom is 0.197 e. The first kappa shape index (κ1) is 11.3. The third-order valence-corrected chi connectivity index (χ3v) is 2.83. The van der Waals surface area contributed by atoms with E-state index in [1.807, 2.05) is 6.92 Å². The van der Waals surface area contributed by atoms with Crippen LogP contribution in [0.15, 0.2) is 24.3 Å². The van der Waals surface area contributed by atoms with Crippen LogP contribution in [0.5, 0.6) is 11.5 Å². The lowest BCUT2D eigenvalue weighted by Crippen LogP contribution is -2.22. The maximum atomic E-state index is 9.13. The molecule has 0 aromatic heterocycles. The van der Waals surface area contributed by atoms with Gasteiger partial charge in [-0.1, -0.05) is 12.8 Å². The molecule has 3 nitrogen and oxygen atoms in total. The summed E-state index contributed by atoms with van der Waals surface area (Å²) in [5, 5.41) is 9.13. The molecular formula is C13H18O3. The largest absolute Gasteiger partial charge is 0.508 e. The number of rotatable bonds is 4. The van der Waals surface area contributed by atoms with Crippen LogP contribution >= 0.6 is 0 Å². The average Bonchev–Trinajstić information content (AvgIpc) is 2.74. The van der Waals surface area contributed by atoms with Gasteiger partial charge < -0.3 is 14.6 Å². The second kappa shape index (κ2) is 5.21. The molecule has 1 N–H and O–H groups in total. The van der Waals surface area contributed by atoms with E-state index < -0.39 is 0 Å². The van der Waals surface area contributed by atoms with Crippen LogP contribution in [0.25, 0.3) is 0 Å². The number of benzene rings is 1. The van der Waals surface area contributed by atoms with E-state index in [4.69, 9.17) is 14.6 Å². The SMILES string of the molecule is CC(Oc1ccc(O)cc1)OC1CCCC1. The van der Waals surface area contributed by atoms with Gasteiger partial charge in [-0.2, -0.15) is 0 Å². The Morgan fingerprint density at radius 1 is 1.19 bits per heavy atom. The summed E-state index contributed by atoms with van der Waals surface area (Å²) in [6.07, 6.45) is 4.93. The van der Waals surface area contributed by atoms with Crippen LogP contribution in [0.1, 0.15) is 32.6 Å². The van der Waals surface area contributed by atoms with Gasteiger partial charge in [0.25, 0.3) is 0 Å². The van der Waals surface area contributed by atoms with Gasteiger partial charge in [-0.05, 0) is 44.0 Å². The third kappa shape index (κ3) is 3.14. The fraction of sp³-hybridized carbons (Fsp3) is 0.538. The molecule has 1 aromatic carbocycles. The van der Waals surface area contributed by atoms with Gasteiger partial charge in [0.2, 0.25) is 0 Å². The lowest BCUT2D eigenvalue weighted by atomic mass is 10.3. The number of aromatic hydroxyl groups is 1. The summed E-state index contributed by atoms with van der Waals surface area (Å²) in [5.41, 5.74) is 0. The van der Waals surface area contributed by atoms with Gasteiger partial charge in [-0.15, -0.1) is 0 Å². The van der Waals surface area contributed by atoms with Crippen molar-refractivity contribution in [1.29, 1.82) is 0 Å². The summed E-state index contributed by atoms with van der Waals surface area (Å²) in [7, 11) is 0. The maximum absolute atomic E-state index is 9.13. The lowest BCUT2D eigenvalue weighted by Gasteiger charge is -2.19. The quantitative estimate of drug-likeness (QED) is 0.796. The van der Waals surface area contributed by atoms with E-state index in [1.165, 1.54) is 12.8 Å².